The molecule has 0 aromatic carbocycles. The SMILES string of the molecule is Cc1ncc(N2CCCC(CNC(C)(C)C)C2)nc1C. The average molecular weight is 276 g/mol. The van der Waals surface area contributed by atoms with Crippen molar-refractivity contribution in [3.63, 3.8) is 0 Å². The minimum absolute atomic E-state index is 0.197. The Bertz CT molecular complexity index is 450. The second-order valence-corrected chi connectivity index (χ2v) is 6.98. The zero-order valence-electron chi connectivity index (χ0n) is 13.5. The van der Waals surface area contributed by atoms with Gasteiger partial charge in [-0.1, -0.05) is 0 Å². The average Bonchev–Trinajstić information content (AvgIpc) is 2.39. The van der Waals surface area contributed by atoms with Crippen molar-refractivity contribution in [1.29, 1.82) is 0 Å². The monoisotopic (exact) mass is 276 g/mol. The summed E-state index contributed by atoms with van der Waals surface area (Å²) in [7, 11) is 0. The smallest absolute Gasteiger partial charge is 0.147 e. The van der Waals surface area contributed by atoms with Crippen molar-refractivity contribution in [3.05, 3.63) is 17.6 Å². The summed E-state index contributed by atoms with van der Waals surface area (Å²) in [4.78, 5) is 11.5. The second-order valence-electron chi connectivity index (χ2n) is 6.98. The van der Waals surface area contributed by atoms with E-state index in [1.54, 1.807) is 0 Å². The van der Waals surface area contributed by atoms with Crippen molar-refractivity contribution in [2.45, 2.75) is 53.0 Å². The number of nitrogens with zero attached hydrogens (tertiary/aromatic N) is 3. The molecule has 2 rings (SSSR count). The molecule has 1 unspecified atom stereocenters. The molecule has 20 heavy (non-hydrogen) atoms. The lowest BCUT2D eigenvalue weighted by Crippen LogP contribution is -2.45. The number of anilines is 1. The molecule has 0 spiro atoms. The van der Waals surface area contributed by atoms with Crippen LogP contribution in [0, 0.1) is 19.8 Å². The van der Waals surface area contributed by atoms with Crippen LogP contribution < -0.4 is 10.2 Å². The van der Waals surface area contributed by atoms with Gasteiger partial charge in [-0.3, -0.25) is 4.98 Å². The predicted molar refractivity (Wildman–Crippen MR) is 84.2 cm³/mol. The summed E-state index contributed by atoms with van der Waals surface area (Å²) in [6.45, 7) is 14.0. The third-order valence-corrected chi connectivity index (χ3v) is 3.94. The van der Waals surface area contributed by atoms with Gasteiger partial charge < -0.3 is 10.2 Å². The van der Waals surface area contributed by atoms with E-state index < -0.39 is 0 Å². The van der Waals surface area contributed by atoms with E-state index in [1.807, 2.05) is 20.0 Å². The van der Waals surface area contributed by atoms with Crippen molar-refractivity contribution >= 4 is 5.82 Å². The molecule has 1 aromatic heterocycles. The third-order valence-electron chi connectivity index (χ3n) is 3.94. The van der Waals surface area contributed by atoms with Crippen LogP contribution in [-0.4, -0.2) is 35.1 Å². The minimum Gasteiger partial charge on any atom is -0.355 e. The maximum atomic E-state index is 4.68. The van der Waals surface area contributed by atoms with Crippen LogP contribution in [0.3, 0.4) is 0 Å². The zero-order chi connectivity index (χ0) is 14.8. The Morgan fingerprint density at radius 3 is 2.70 bits per heavy atom. The van der Waals surface area contributed by atoms with E-state index in [9.17, 15) is 0 Å². The number of nitrogens with one attached hydrogen (secondary N) is 1. The maximum absolute atomic E-state index is 4.68. The molecule has 1 aliphatic heterocycles. The summed E-state index contributed by atoms with van der Waals surface area (Å²) in [5, 5.41) is 3.62. The van der Waals surface area contributed by atoms with Gasteiger partial charge in [0.25, 0.3) is 0 Å². The minimum atomic E-state index is 0.197. The largest absolute Gasteiger partial charge is 0.355 e. The highest BCUT2D eigenvalue weighted by atomic mass is 15.2. The summed E-state index contributed by atoms with van der Waals surface area (Å²) in [6, 6.07) is 0. The lowest BCUT2D eigenvalue weighted by molar-refractivity contribution is 0.334. The van der Waals surface area contributed by atoms with Gasteiger partial charge >= 0.3 is 0 Å². The molecular formula is C16H28N4. The molecule has 0 radical (unpaired) electrons. The van der Waals surface area contributed by atoms with Gasteiger partial charge in [0.2, 0.25) is 0 Å². The van der Waals surface area contributed by atoms with E-state index in [1.165, 1.54) is 12.8 Å². The summed E-state index contributed by atoms with van der Waals surface area (Å²) < 4.78 is 0. The number of hydrogen-bond donors (Lipinski definition) is 1. The Balaban J connectivity index is 1.97. The van der Waals surface area contributed by atoms with Gasteiger partial charge in [0, 0.05) is 25.2 Å². The highest BCUT2D eigenvalue weighted by molar-refractivity contribution is 5.38. The van der Waals surface area contributed by atoms with Crippen LogP contribution in [-0.2, 0) is 0 Å². The lowest BCUT2D eigenvalue weighted by Gasteiger charge is -2.35. The fraction of sp³-hybridized carbons (Fsp3) is 0.750. The molecule has 1 fully saturated rings. The molecule has 1 aliphatic rings. The summed E-state index contributed by atoms with van der Waals surface area (Å²) in [5.41, 5.74) is 2.26. The zero-order valence-corrected chi connectivity index (χ0v) is 13.5. The Morgan fingerprint density at radius 1 is 1.30 bits per heavy atom. The van der Waals surface area contributed by atoms with Gasteiger partial charge in [-0.15, -0.1) is 0 Å². The molecule has 4 nitrogen and oxygen atoms in total. The van der Waals surface area contributed by atoms with Crippen LogP contribution in [0.5, 0.6) is 0 Å². The predicted octanol–water partition coefficient (Wildman–Crippen LogP) is 2.70. The van der Waals surface area contributed by atoms with E-state index in [2.05, 4.69) is 41.0 Å². The van der Waals surface area contributed by atoms with Crippen molar-refractivity contribution in [3.8, 4) is 0 Å². The molecule has 1 saturated heterocycles. The van der Waals surface area contributed by atoms with E-state index >= 15 is 0 Å². The van der Waals surface area contributed by atoms with Gasteiger partial charge in [0.1, 0.15) is 5.82 Å². The molecule has 112 valence electrons. The highest BCUT2D eigenvalue weighted by Gasteiger charge is 2.22. The first-order chi connectivity index (χ1) is 9.35. The van der Waals surface area contributed by atoms with Crippen molar-refractivity contribution in [1.82, 2.24) is 15.3 Å². The van der Waals surface area contributed by atoms with E-state index in [0.717, 1.165) is 36.8 Å². The summed E-state index contributed by atoms with van der Waals surface area (Å²) in [6.07, 6.45) is 4.46. The Hall–Kier alpha value is -1.16. The molecular weight excluding hydrogens is 248 g/mol. The van der Waals surface area contributed by atoms with Crippen LogP contribution in [0.15, 0.2) is 6.20 Å². The molecule has 0 saturated carbocycles. The normalized spacial score (nSPS) is 20.2. The molecule has 0 aliphatic carbocycles. The Morgan fingerprint density at radius 2 is 2.05 bits per heavy atom. The second kappa shape index (κ2) is 6.08. The first kappa shape index (κ1) is 15.2. The van der Waals surface area contributed by atoms with E-state index in [0.29, 0.717) is 5.92 Å². The molecule has 1 N–H and O–H groups in total. The van der Waals surface area contributed by atoms with Crippen molar-refractivity contribution in [2.24, 2.45) is 5.92 Å². The number of aromatic nitrogens is 2. The summed E-state index contributed by atoms with van der Waals surface area (Å²) >= 11 is 0. The van der Waals surface area contributed by atoms with Crippen LogP contribution >= 0.6 is 0 Å². The number of hydrogen-bond acceptors (Lipinski definition) is 4. The third kappa shape index (κ3) is 4.17. The molecule has 2 heterocycles. The molecule has 0 amide bonds. The Kier molecular flexibility index (Phi) is 4.63. The number of piperidine rings is 1. The van der Waals surface area contributed by atoms with Crippen LogP contribution in [0.4, 0.5) is 5.82 Å². The topological polar surface area (TPSA) is 41.1 Å². The molecule has 4 heteroatoms. The van der Waals surface area contributed by atoms with Crippen molar-refractivity contribution in [2.75, 3.05) is 24.5 Å². The number of aryl methyl sites for hydroxylation is 2. The van der Waals surface area contributed by atoms with Gasteiger partial charge in [0.05, 0.1) is 17.6 Å². The van der Waals surface area contributed by atoms with E-state index in [4.69, 9.17) is 0 Å². The Labute approximate surface area is 123 Å². The highest BCUT2D eigenvalue weighted by Crippen LogP contribution is 2.22. The molecule has 0 bridgehead atoms. The van der Waals surface area contributed by atoms with Crippen LogP contribution in [0.1, 0.15) is 45.0 Å². The van der Waals surface area contributed by atoms with Gasteiger partial charge in [-0.05, 0) is 53.4 Å². The fourth-order valence-electron chi connectivity index (χ4n) is 2.57. The van der Waals surface area contributed by atoms with Gasteiger partial charge in [0.15, 0.2) is 0 Å². The standard InChI is InChI=1S/C16H28N4/c1-12-13(2)19-15(10-17-12)20-8-6-7-14(11-20)9-18-16(3,4)5/h10,14,18H,6-9,11H2,1-5H3. The van der Waals surface area contributed by atoms with Crippen LogP contribution in [0.25, 0.3) is 0 Å². The first-order valence-electron chi connectivity index (χ1n) is 7.65. The molecule has 1 atom stereocenters. The quantitative estimate of drug-likeness (QED) is 0.921. The van der Waals surface area contributed by atoms with Gasteiger partial charge in [-0.25, -0.2) is 4.98 Å². The number of rotatable bonds is 3. The first-order valence-corrected chi connectivity index (χ1v) is 7.65. The maximum Gasteiger partial charge on any atom is 0.147 e. The van der Waals surface area contributed by atoms with Crippen LogP contribution in [0.2, 0.25) is 0 Å². The van der Waals surface area contributed by atoms with Crippen molar-refractivity contribution < 1.29 is 0 Å². The fourth-order valence-corrected chi connectivity index (χ4v) is 2.57. The van der Waals surface area contributed by atoms with Gasteiger partial charge in [-0.2, -0.15) is 0 Å². The lowest BCUT2D eigenvalue weighted by atomic mass is 9.96. The summed E-state index contributed by atoms with van der Waals surface area (Å²) in [5.74, 6) is 1.74. The molecule has 1 aromatic rings. The van der Waals surface area contributed by atoms with E-state index in [-0.39, 0.29) is 5.54 Å².